The molecule has 0 heterocycles. The largest absolute Gasteiger partial charge is 0.483 e. The molecule has 1 N–H and O–H groups in total. The minimum absolute atomic E-state index is 0.0406. The number of para-hydroxylation sites is 1. The van der Waals surface area contributed by atoms with Crippen molar-refractivity contribution in [1.29, 1.82) is 0 Å². The second kappa shape index (κ2) is 8.42. The molecule has 2 atom stereocenters. The Hall–Kier alpha value is -1.68. The van der Waals surface area contributed by atoms with Gasteiger partial charge in [0.15, 0.2) is 17.7 Å². The number of hydrogen-bond donors (Lipinski definition) is 1. The van der Waals surface area contributed by atoms with Crippen LogP contribution in [0.1, 0.15) is 27.7 Å². The summed E-state index contributed by atoms with van der Waals surface area (Å²) in [4.78, 5) is 20.7. The molecule has 0 aromatic heterocycles. The lowest BCUT2D eigenvalue weighted by Crippen LogP contribution is -2.20. The van der Waals surface area contributed by atoms with E-state index in [-0.39, 0.29) is 17.7 Å². The topological polar surface area (TPSA) is 63.6 Å². The molecule has 1 aromatic carbocycles. The number of benzene rings is 1. The molecular formula is C14H20O4. The molecule has 0 aliphatic carbocycles. The lowest BCUT2D eigenvalue weighted by atomic mass is 10.3. The van der Waals surface area contributed by atoms with Crippen LogP contribution in [0, 0.1) is 0 Å². The first-order valence-electron chi connectivity index (χ1n) is 5.75. The van der Waals surface area contributed by atoms with E-state index in [1.165, 1.54) is 20.8 Å². The Morgan fingerprint density at radius 1 is 1.06 bits per heavy atom. The summed E-state index contributed by atoms with van der Waals surface area (Å²) in [5, 5.41) is 8.28. The number of carbonyl (C=O) groups excluding carboxylic acids is 2. The summed E-state index contributed by atoms with van der Waals surface area (Å²) >= 11 is 0. The lowest BCUT2D eigenvalue weighted by molar-refractivity contribution is -0.124. The number of rotatable bonds is 4. The smallest absolute Gasteiger partial charge is 0.169 e. The van der Waals surface area contributed by atoms with E-state index < -0.39 is 6.10 Å². The highest BCUT2D eigenvalue weighted by Gasteiger charge is 2.07. The lowest BCUT2D eigenvalue weighted by Gasteiger charge is -2.10. The fraction of sp³-hybridized carbons (Fsp3) is 0.429. The number of aliphatic hydroxyl groups is 1. The second-order valence-electron chi connectivity index (χ2n) is 3.97. The number of aliphatic hydroxyl groups excluding tert-OH is 1. The first kappa shape index (κ1) is 16.3. The molecule has 0 aliphatic heterocycles. The molecule has 0 fully saturated rings. The predicted octanol–water partition coefficient (Wildman–Crippen LogP) is 2.00. The molecular weight excluding hydrogens is 232 g/mol. The molecule has 1 rings (SSSR count). The Morgan fingerprint density at radius 2 is 1.50 bits per heavy atom. The van der Waals surface area contributed by atoms with E-state index in [0.29, 0.717) is 0 Å². The maximum atomic E-state index is 10.8. The zero-order valence-corrected chi connectivity index (χ0v) is 11.2. The quantitative estimate of drug-likeness (QED) is 0.890. The standard InChI is InChI=1S/C10H12O2.C4H8O2/c1-8(11)9(2)12-10-6-4-3-5-7-10;1-3(5)4(2)6/h3-7,9H,1-2H3;3,5H,1-2H3/t9-;3-/m00/s1. The van der Waals surface area contributed by atoms with Gasteiger partial charge in [-0.3, -0.25) is 9.59 Å². The third-order valence-electron chi connectivity index (χ3n) is 2.22. The van der Waals surface area contributed by atoms with Gasteiger partial charge in [-0.2, -0.15) is 0 Å². The summed E-state index contributed by atoms with van der Waals surface area (Å²) in [6, 6.07) is 9.33. The Labute approximate surface area is 108 Å². The van der Waals surface area contributed by atoms with Crippen LogP contribution in [0.4, 0.5) is 0 Å². The van der Waals surface area contributed by atoms with Crippen molar-refractivity contribution < 1.29 is 19.4 Å². The van der Waals surface area contributed by atoms with E-state index in [4.69, 9.17) is 9.84 Å². The van der Waals surface area contributed by atoms with E-state index >= 15 is 0 Å². The molecule has 4 heteroatoms. The Bertz CT molecular complexity index is 371. The molecule has 100 valence electrons. The number of carbonyl (C=O) groups is 2. The number of ketones is 2. The highest BCUT2D eigenvalue weighted by atomic mass is 16.5. The predicted molar refractivity (Wildman–Crippen MR) is 69.6 cm³/mol. The first-order valence-corrected chi connectivity index (χ1v) is 5.75. The van der Waals surface area contributed by atoms with Gasteiger partial charge in [-0.25, -0.2) is 0 Å². The van der Waals surface area contributed by atoms with Crippen LogP contribution >= 0.6 is 0 Å². The van der Waals surface area contributed by atoms with Crippen molar-refractivity contribution in [2.24, 2.45) is 0 Å². The molecule has 4 nitrogen and oxygen atoms in total. The Morgan fingerprint density at radius 3 is 1.83 bits per heavy atom. The highest BCUT2D eigenvalue weighted by molar-refractivity contribution is 5.80. The summed E-state index contributed by atoms with van der Waals surface area (Å²) in [5.74, 6) is 0.592. The SMILES string of the molecule is CC(=O)[C@H](C)O.CC(=O)[C@H](C)Oc1ccccc1. The van der Waals surface area contributed by atoms with Crippen LogP contribution in [0.2, 0.25) is 0 Å². The summed E-state index contributed by atoms with van der Waals surface area (Å²) < 4.78 is 5.33. The van der Waals surface area contributed by atoms with Gasteiger partial charge >= 0.3 is 0 Å². The number of Topliss-reactive ketones (excluding diaryl/α,β-unsaturated/α-hetero) is 2. The van der Waals surface area contributed by atoms with Crippen LogP contribution in [0.5, 0.6) is 5.75 Å². The van der Waals surface area contributed by atoms with Gasteiger partial charge in [0.2, 0.25) is 0 Å². The minimum atomic E-state index is -0.787. The highest BCUT2D eigenvalue weighted by Crippen LogP contribution is 2.10. The fourth-order valence-electron chi connectivity index (χ4n) is 0.786. The molecule has 0 saturated heterocycles. The molecule has 0 unspecified atom stereocenters. The van der Waals surface area contributed by atoms with Crippen molar-refractivity contribution in [1.82, 2.24) is 0 Å². The third-order valence-corrected chi connectivity index (χ3v) is 2.22. The van der Waals surface area contributed by atoms with Gasteiger partial charge in [-0.05, 0) is 39.8 Å². The van der Waals surface area contributed by atoms with E-state index in [1.807, 2.05) is 30.3 Å². The normalized spacial score (nSPS) is 12.7. The maximum absolute atomic E-state index is 10.8. The van der Waals surface area contributed by atoms with Crippen molar-refractivity contribution in [2.75, 3.05) is 0 Å². The van der Waals surface area contributed by atoms with Crippen molar-refractivity contribution in [3.63, 3.8) is 0 Å². The van der Waals surface area contributed by atoms with Gasteiger partial charge in [0.05, 0.1) is 0 Å². The molecule has 0 saturated carbocycles. The number of ether oxygens (including phenoxy) is 1. The Balaban J connectivity index is 0.000000411. The first-order chi connectivity index (χ1) is 8.34. The molecule has 0 bridgehead atoms. The van der Waals surface area contributed by atoms with Crippen LogP contribution in [0.3, 0.4) is 0 Å². The fourth-order valence-corrected chi connectivity index (χ4v) is 0.786. The minimum Gasteiger partial charge on any atom is -0.483 e. The average molecular weight is 252 g/mol. The van der Waals surface area contributed by atoms with Crippen molar-refractivity contribution >= 4 is 11.6 Å². The van der Waals surface area contributed by atoms with Crippen LogP contribution in [0.15, 0.2) is 30.3 Å². The molecule has 1 aromatic rings. The van der Waals surface area contributed by atoms with Crippen LogP contribution in [0.25, 0.3) is 0 Å². The zero-order chi connectivity index (χ0) is 14.1. The van der Waals surface area contributed by atoms with Crippen LogP contribution in [-0.4, -0.2) is 28.9 Å². The average Bonchev–Trinajstić information content (AvgIpc) is 2.30. The Kier molecular flexibility index (Phi) is 7.63. The van der Waals surface area contributed by atoms with Gasteiger partial charge in [0, 0.05) is 0 Å². The van der Waals surface area contributed by atoms with E-state index in [1.54, 1.807) is 6.92 Å². The summed E-state index contributed by atoms with van der Waals surface area (Å²) in [6.07, 6.45) is -1.14. The van der Waals surface area contributed by atoms with Crippen LogP contribution < -0.4 is 4.74 Å². The van der Waals surface area contributed by atoms with Crippen LogP contribution in [-0.2, 0) is 9.59 Å². The van der Waals surface area contributed by atoms with Gasteiger partial charge in [0.1, 0.15) is 11.9 Å². The molecule has 0 radical (unpaired) electrons. The van der Waals surface area contributed by atoms with Gasteiger partial charge in [-0.1, -0.05) is 18.2 Å². The summed E-state index contributed by atoms with van der Waals surface area (Å²) in [6.45, 7) is 6.07. The maximum Gasteiger partial charge on any atom is 0.169 e. The number of hydrogen-bond acceptors (Lipinski definition) is 4. The van der Waals surface area contributed by atoms with Crippen molar-refractivity contribution in [3.05, 3.63) is 30.3 Å². The molecule has 0 aliphatic rings. The molecule has 0 spiro atoms. The van der Waals surface area contributed by atoms with E-state index in [2.05, 4.69) is 0 Å². The van der Waals surface area contributed by atoms with E-state index in [9.17, 15) is 9.59 Å². The second-order valence-corrected chi connectivity index (χ2v) is 3.97. The molecule has 18 heavy (non-hydrogen) atoms. The monoisotopic (exact) mass is 252 g/mol. The molecule has 0 amide bonds. The van der Waals surface area contributed by atoms with Gasteiger partial charge < -0.3 is 9.84 Å². The summed E-state index contributed by atoms with van der Waals surface area (Å²) in [7, 11) is 0. The van der Waals surface area contributed by atoms with E-state index in [0.717, 1.165) is 5.75 Å². The summed E-state index contributed by atoms with van der Waals surface area (Å²) in [5.41, 5.74) is 0. The van der Waals surface area contributed by atoms with Gasteiger partial charge in [-0.15, -0.1) is 0 Å². The zero-order valence-electron chi connectivity index (χ0n) is 11.2. The van der Waals surface area contributed by atoms with Crippen molar-refractivity contribution in [3.8, 4) is 5.75 Å². The van der Waals surface area contributed by atoms with Gasteiger partial charge in [0.25, 0.3) is 0 Å². The van der Waals surface area contributed by atoms with Crippen molar-refractivity contribution in [2.45, 2.75) is 39.9 Å². The third kappa shape index (κ3) is 7.57.